The van der Waals surface area contributed by atoms with Crippen LogP contribution < -0.4 is 16.8 Å². The van der Waals surface area contributed by atoms with Crippen molar-refractivity contribution < 1.29 is 9.53 Å². The molecule has 1 fully saturated rings. The highest BCUT2D eigenvalue weighted by molar-refractivity contribution is 6.22. The van der Waals surface area contributed by atoms with Crippen LogP contribution in [-0.2, 0) is 29.0 Å². The number of carbonyl (C=O) groups is 1. The predicted molar refractivity (Wildman–Crippen MR) is 149 cm³/mol. The van der Waals surface area contributed by atoms with Crippen LogP contribution in [-0.4, -0.2) is 37.3 Å². The van der Waals surface area contributed by atoms with Crippen molar-refractivity contribution >= 4 is 17.4 Å². The minimum Gasteiger partial charge on any atom is -0.465 e. The Morgan fingerprint density at radius 1 is 1.19 bits per heavy atom. The highest BCUT2D eigenvalue weighted by Crippen LogP contribution is 2.45. The van der Waals surface area contributed by atoms with E-state index in [0.717, 1.165) is 43.9 Å². The molecule has 0 bridgehead atoms. The molecule has 1 aliphatic carbocycles. The predicted octanol–water partition coefficient (Wildman–Crippen LogP) is 4.01. The molecule has 196 valence electrons. The van der Waals surface area contributed by atoms with Crippen molar-refractivity contribution in [3.8, 4) is 0 Å². The lowest BCUT2D eigenvalue weighted by Gasteiger charge is -2.29. The van der Waals surface area contributed by atoms with Gasteiger partial charge in [0.1, 0.15) is 0 Å². The number of esters is 1. The first-order chi connectivity index (χ1) is 17.7. The number of ether oxygens (including phenoxy) is 1. The van der Waals surface area contributed by atoms with E-state index in [4.69, 9.17) is 21.2 Å². The zero-order valence-electron chi connectivity index (χ0n) is 22.3. The lowest BCUT2D eigenvalue weighted by Crippen LogP contribution is -2.32. The summed E-state index contributed by atoms with van der Waals surface area (Å²) in [5.74, 6) is -0.386. The zero-order chi connectivity index (χ0) is 26.6. The van der Waals surface area contributed by atoms with Gasteiger partial charge in [-0.2, -0.15) is 0 Å². The molecule has 0 saturated heterocycles. The summed E-state index contributed by atoms with van der Waals surface area (Å²) in [5, 5.41) is 2.98. The molecule has 1 heterocycles. The molecule has 1 aliphatic heterocycles. The second kappa shape index (κ2) is 11.2. The number of allylic oxidation sites excluding steroid dienone is 1. The number of hydrogen-bond acceptors (Lipinski definition) is 7. The van der Waals surface area contributed by atoms with Gasteiger partial charge in [0.15, 0.2) is 0 Å². The van der Waals surface area contributed by atoms with E-state index in [9.17, 15) is 4.79 Å². The molecule has 7 heteroatoms. The van der Waals surface area contributed by atoms with Gasteiger partial charge in [0.05, 0.1) is 24.1 Å². The van der Waals surface area contributed by atoms with Gasteiger partial charge in [-0.05, 0) is 47.1 Å². The first kappa shape index (κ1) is 26.5. The van der Waals surface area contributed by atoms with Crippen LogP contribution in [0.3, 0.4) is 0 Å². The number of hydrogen-bond donors (Lipinski definition) is 3. The summed E-state index contributed by atoms with van der Waals surface area (Å²) in [6.07, 6.45) is 4.95. The molecule has 5 N–H and O–H groups in total. The van der Waals surface area contributed by atoms with Crippen LogP contribution in [0.2, 0.25) is 0 Å². The van der Waals surface area contributed by atoms with E-state index in [-0.39, 0.29) is 22.8 Å². The fourth-order valence-corrected chi connectivity index (χ4v) is 5.44. The highest BCUT2D eigenvalue weighted by Gasteiger charge is 2.45. The van der Waals surface area contributed by atoms with Gasteiger partial charge in [0.25, 0.3) is 0 Å². The molecule has 0 aromatic heterocycles. The van der Waals surface area contributed by atoms with Gasteiger partial charge in [0.2, 0.25) is 0 Å². The van der Waals surface area contributed by atoms with Crippen molar-refractivity contribution in [1.29, 1.82) is 0 Å². The van der Waals surface area contributed by atoms with Crippen molar-refractivity contribution in [3.05, 3.63) is 88.9 Å². The lowest BCUT2D eigenvalue weighted by atomic mass is 9.85. The van der Waals surface area contributed by atoms with Gasteiger partial charge in [-0.25, -0.2) is 4.79 Å². The molecule has 2 aromatic rings. The summed E-state index contributed by atoms with van der Waals surface area (Å²) in [6.45, 7) is 7.41. The first-order valence-electron chi connectivity index (χ1n) is 12.8. The number of carbonyl (C=O) groups excluding carboxylic acids is 1. The minimum absolute atomic E-state index is 0.00469. The fraction of sp³-hybridized carbons (Fsp3) is 0.400. The Bertz CT molecular complexity index is 1230. The van der Waals surface area contributed by atoms with Gasteiger partial charge in [-0.3, -0.25) is 9.89 Å². The normalized spacial score (nSPS) is 22.1. The van der Waals surface area contributed by atoms with E-state index in [1.165, 1.54) is 30.0 Å². The van der Waals surface area contributed by atoms with Crippen LogP contribution in [0.5, 0.6) is 0 Å². The van der Waals surface area contributed by atoms with Crippen molar-refractivity contribution in [1.82, 2.24) is 10.2 Å². The van der Waals surface area contributed by atoms with Crippen LogP contribution in [0.15, 0.2) is 77.2 Å². The average molecular weight is 502 g/mol. The third-order valence-electron chi connectivity index (χ3n) is 7.13. The molecule has 2 atom stereocenters. The van der Waals surface area contributed by atoms with Crippen LogP contribution in [0.1, 0.15) is 37.0 Å². The highest BCUT2D eigenvalue weighted by atomic mass is 16.5. The summed E-state index contributed by atoms with van der Waals surface area (Å²) < 4.78 is 4.99. The second-order valence-corrected chi connectivity index (χ2v) is 10.9. The smallest absolute Gasteiger partial charge is 0.341 e. The van der Waals surface area contributed by atoms with Gasteiger partial charge in [-0.15, -0.1) is 0 Å². The Morgan fingerprint density at radius 2 is 1.95 bits per heavy atom. The van der Waals surface area contributed by atoms with Gasteiger partial charge in [-0.1, -0.05) is 50.2 Å². The third kappa shape index (κ3) is 6.41. The summed E-state index contributed by atoms with van der Waals surface area (Å²) in [5.41, 5.74) is 18.7. The number of nitrogens with two attached hydrogens (primary N) is 2. The Kier molecular flexibility index (Phi) is 8.03. The molecule has 1 unspecified atom stereocenters. The average Bonchev–Trinajstić information content (AvgIpc) is 3.66. The Hall–Kier alpha value is -3.58. The van der Waals surface area contributed by atoms with E-state index >= 15 is 0 Å². The molecule has 37 heavy (non-hydrogen) atoms. The third-order valence-corrected chi connectivity index (χ3v) is 7.13. The van der Waals surface area contributed by atoms with Crippen molar-refractivity contribution in [2.45, 2.75) is 39.8 Å². The standard InChI is InChI=1S/C30H39N5O2/c1-30(2)14-21-9-5-6-10-22(21)18-35(19-30)17-20-8-7-11-23(12-20)34-28(26(15-31)29(36)37-4)25-13-24(25)27(32)16-33-3/h5-12,15-16,24-25,33H,13-14,17-19,31-32H2,1-4H3/b26-15?,27-16-,34-28?/t24?,25-/m1/s1. The molecular formula is C30H39N5O2. The molecule has 2 aliphatic rings. The summed E-state index contributed by atoms with van der Waals surface area (Å²) in [7, 11) is 3.17. The van der Waals surface area contributed by atoms with Gasteiger partial charge >= 0.3 is 5.97 Å². The molecule has 0 amide bonds. The van der Waals surface area contributed by atoms with E-state index < -0.39 is 5.97 Å². The first-order valence-corrected chi connectivity index (χ1v) is 12.8. The number of nitrogens with one attached hydrogen (secondary N) is 1. The number of methoxy groups -OCH3 is 1. The topological polar surface area (TPSA) is 106 Å². The maximum absolute atomic E-state index is 12.5. The van der Waals surface area contributed by atoms with E-state index in [0.29, 0.717) is 5.71 Å². The van der Waals surface area contributed by atoms with E-state index in [1.807, 2.05) is 19.2 Å². The molecule has 2 aromatic carbocycles. The summed E-state index contributed by atoms with van der Waals surface area (Å²) in [6, 6.07) is 17.0. The van der Waals surface area contributed by atoms with Crippen LogP contribution in [0, 0.1) is 17.3 Å². The molecule has 7 nitrogen and oxygen atoms in total. The van der Waals surface area contributed by atoms with Crippen LogP contribution in [0.4, 0.5) is 5.69 Å². The number of fused-ring (bicyclic) bond motifs is 1. The van der Waals surface area contributed by atoms with Gasteiger partial charge in [0, 0.05) is 56.6 Å². The molecule has 0 spiro atoms. The number of nitrogens with zero attached hydrogens (tertiary/aromatic N) is 2. The molecule has 1 saturated carbocycles. The lowest BCUT2D eigenvalue weighted by molar-refractivity contribution is -0.135. The Balaban J connectivity index is 1.61. The quantitative estimate of drug-likeness (QED) is 0.287. The Labute approximate surface area is 220 Å². The maximum atomic E-state index is 12.5. The number of aliphatic imine (C=N–C) groups is 1. The largest absolute Gasteiger partial charge is 0.465 e. The second-order valence-electron chi connectivity index (χ2n) is 10.9. The molecule has 0 radical (unpaired) electrons. The fourth-order valence-electron chi connectivity index (χ4n) is 5.44. The molecular weight excluding hydrogens is 462 g/mol. The van der Waals surface area contributed by atoms with E-state index in [2.05, 4.69) is 60.5 Å². The number of rotatable bonds is 8. The SMILES string of the molecule is CN/C=C(\N)C1C[C@H]1C(=Nc1cccc(CN2Cc3ccccc3CC(C)(C)C2)c1)C(=CN)C(=O)OC. The van der Waals surface area contributed by atoms with Crippen LogP contribution >= 0.6 is 0 Å². The summed E-state index contributed by atoms with van der Waals surface area (Å²) in [4.78, 5) is 20.0. The number of benzene rings is 2. The maximum Gasteiger partial charge on any atom is 0.341 e. The summed E-state index contributed by atoms with van der Waals surface area (Å²) >= 11 is 0. The van der Waals surface area contributed by atoms with Crippen molar-refractivity contribution in [3.63, 3.8) is 0 Å². The minimum atomic E-state index is -0.496. The van der Waals surface area contributed by atoms with Gasteiger partial charge < -0.3 is 21.5 Å². The van der Waals surface area contributed by atoms with Crippen molar-refractivity contribution in [2.24, 2.45) is 33.7 Å². The van der Waals surface area contributed by atoms with E-state index in [1.54, 1.807) is 6.20 Å². The monoisotopic (exact) mass is 501 g/mol. The van der Waals surface area contributed by atoms with Crippen molar-refractivity contribution in [2.75, 3.05) is 20.7 Å². The zero-order valence-corrected chi connectivity index (χ0v) is 22.3. The molecule has 4 rings (SSSR count). The Morgan fingerprint density at radius 3 is 2.65 bits per heavy atom. The van der Waals surface area contributed by atoms with Crippen LogP contribution in [0.25, 0.3) is 0 Å².